The number of anilines is 2. The molecule has 0 aromatic carbocycles. The molecule has 0 amide bonds. The summed E-state index contributed by atoms with van der Waals surface area (Å²) in [7, 11) is -2.08. The van der Waals surface area contributed by atoms with E-state index in [2.05, 4.69) is 4.98 Å². The summed E-state index contributed by atoms with van der Waals surface area (Å²) >= 11 is 0. The van der Waals surface area contributed by atoms with Crippen LogP contribution < -0.4 is 10.0 Å². The van der Waals surface area contributed by atoms with Crippen LogP contribution in [0.5, 0.6) is 0 Å². The van der Waals surface area contributed by atoms with E-state index in [1.807, 2.05) is 0 Å². The van der Waals surface area contributed by atoms with E-state index < -0.39 is 10.2 Å². The topological polar surface area (TPSA) is 88.8 Å². The Kier molecular flexibility index (Phi) is 3.69. The Morgan fingerprint density at radius 2 is 2.11 bits per heavy atom. The fourth-order valence-electron chi connectivity index (χ4n) is 1.76. The minimum atomic E-state index is -3.56. The van der Waals surface area contributed by atoms with Crippen molar-refractivity contribution in [2.24, 2.45) is 0 Å². The average molecular weight is 272 g/mol. The molecule has 100 valence electrons. The fraction of sp³-hybridized carbons (Fsp3) is 0.500. The van der Waals surface area contributed by atoms with Crippen LogP contribution in [0.2, 0.25) is 0 Å². The Morgan fingerprint density at radius 1 is 1.44 bits per heavy atom. The third kappa shape index (κ3) is 2.40. The third-order valence-electron chi connectivity index (χ3n) is 2.81. The van der Waals surface area contributed by atoms with E-state index in [4.69, 9.17) is 10.5 Å². The molecule has 8 heteroatoms. The molecule has 0 atom stereocenters. The number of aromatic nitrogens is 1. The Bertz CT molecular complexity index is 514. The lowest BCUT2D eigenvalue weighted by molar-refractivity contribution is 0.0730. The largest absolute Gasteiger partial charge is 0.396 e. The van der Waals surface area contributed by atoms with E-state index in [-0.39, 0.29) is 0 Å². The van der Waals surface area contributed by atoms with Crippen LogP contribution in [-0.2, 0) is 14.9 Å². The summed E-state index contributed by atoms with van der Waals surface area (Å²) in [6.45, 7) is 1.55. The van der Waals surface area contributed by atoms with Gasteiger partial charge in [-0.05, 0) is 6.07 Å². The zero-order valence-corrected chi connectivity index (χ0v) is 10.9. The molecule has 1 fully saturated rings. The van der Waals surface area contributed by atoms with Crippen molar-refractivity contribution in [1.29, 1.82) is 0 Å². The maximum Gasteiger partial charge on any atom is 0.304 e. The summed E-state index contributed by atoms with van der Waals surface area (Å²) in [5.41, 5.74) is 6.49. The van der Waals surface area contributed by atoms with Gasteiger partial charge in [0, 0.05) is 26.3 Å². The van der Waals surface area contributed by atoms with Gasteiger partial charge in [-0.2, -0.15) is 12.7 Å². The second-order valence-corrected chi connectivity index (χ2v) is 5.88. The number of ether oxygens (including phenoxy) is 1. The molecule has 2 heterocycles. The van der Waals surface area contributed by atoms with Gasteiger partial charge in [0.2, 0.25) is 0 Å². The predicted octanol–water partition coefficient (Wildman–Crippen LogP) is -0.323. The molecule has 1 aliphatic heterocycles. The number of nitrogen functional groups attached to an aromatic ring is 1. The van der Waals surface area contributed by atoms with Gasteiger partial charge in [-0.15, -0.1) is 0 Å². The van der Waals surface area contributed by atoms with Crippen LogP contribution in [0, 0.1) is 0 Å². The zero-order chi connectivity index (χ0) is 13.2. The van der Waals surface area contributed by atoms with E-state index in [1.54, 1.807) is 6.07 Å². The van der Waals surface area contributed by atoms with Crippen LogP contribution >= 0.6 is 0 Å². The van der Waals surface area contributed by atoms with Crippen molar-refractivity contribution in [2.75, 3.05) is 43.4 Å². The Labute approximate surface area is 106 Å². The van der Waals surface area contributed by atoms with Crippen molar-refractivity contribution in [1.82, 2.24) is 9.29 Å². The highest BCUT2D eigenvalue weighted by molar-refractivity contribution is 7.90. The summed E-state index contributed by atoms with van der Waals surface area (Å²) in [6.07, 6.45) is 2.94. The standard InChI is InChI=1S/C10H16N4O3S/c1-13(10-2-3-12-8-9(10)11)18(15,16)14-4-6-17-7-5-14/h2-3,8H,4-7,11H2,1H3. The van der Waals surface area contributed by atoms with Crippen LogP contribution in [0.15, 0.2) is 18.5 Å². The van der Waals surface area contributed by atoms with Crippen molar-refractivity contribution >= 4 is 21.6 Å². The predicted molar refractivity (Wildman–Crippen MR) is 68.4 cm³/mol. The fourth-order valence-corrected chi connectivity index (χ4v) is 3.13. The van der Waals surface area contributed by atoms with Crippen LogP contribution in [0.1, 0.15) is 0 Å². The molecule has 7 nitrogen and oxygen atoms in total. The van der Waals surface area contributed by atoms with Gasteiger partial charge in [0.25, 0.3) is 0 Å². The first-order chi connectivity index (χ1) is 8.53. The molecule has 0 spiro atoms. The highest BCUT2D eigenvalue weighted by Crippen LogP contribution is 2.24. The summed E-state index contributed by atoms with van der Waals surface area (Å²) in [4.78, 5) is 3.84. The van der Waals surface area contributed by atoms with Crippen molar-refractivity contribution < 1.29 is 13.2 Å². The quantitative estimate of drug-likeness (QED) is 0.814. The molecule has 1 aromatic rings. The van der Waals surface area contributed by atoms with Gasteiger partial charge in [-0.3, -0.25) is 9.29 Å². The third-order valence-corrected chi connectivity index (χ3v) is 4.72. The molecular weight excluding hydrogens is 256 g/mol. The summed E-state index contributed by atoms with van der Waals surface area (Å²) in [6, 6.07) is 1.58. The number of hydrogen-bond donors (Lipinski definition) is 1. The Balaban J connectivity index is 2.27. The van der Waals surface area contributed by atoms with Gasteiger partial charge >= 0.3 is 10.2 Å². The summed E-state index contributed by atoms with van der Waals surface area (Å²) in [5, 5.41) is 0. The Hall–Kier alpha value is -1.38. The first-order valence-electron chi connectivity index (χ1n) is 5.54. The molecule has 0 radical (unpaired) electrons. The van der Waals surface area contributed by atoms with E-state index in [1.165, 1.54) is 28.1 Å². The molecule has 1 aromatic heterocycles. The monoisotopic (exact) mass is 272 g/mol. The van der Waals surface area contributed by atoms with Crippen molar-refractivity contribution in [3.05, 3.63) is 18.5 Å². The second kappa shape index (κ2) is 5.09. The van der Waals surface area contributed by atoms with Gasteiger partial charge in [0.05, 0.1) is 30.8 Å². The molecule has 1 aliphatic rings. The van der Waals surface area contributed by atoms with Gasteiger partial charge in [0.15, 0.2) is 0 Å². The molecule has 18 heavy (non-hydrogen) atoms. The zero-order valence-electron chi connectivity index (χ0n) is 10.1. The normalized spacial score (nSPS) is 17.6. The SMILES string of the molecule is CN(c1ccncc1N)S(=O)(=O)N1CCOCC1. The lowest BCUT2D eigenvalue weighted by Gasteiger charge is -2.31. The van der Waals surface area contributed by atoms with Crippen molar-refractivity contribution in [3.63, 3.8) is 0 Å². The van der Waals surface area contributed by atoms with Crippen LogP contribution in [-0.4, -0.2) is 51.1 Å². The molecule has 1 saturated heterocycles. The number of rotatable bonds is 3. The molecule has 2 rings (SSSR count). The maximum atomic E-state index is 12.4. The van der Waals surface area contributed by atoms with Crippen LogP contribution in [0.25, 0.3) is 0 Å². The lowest BCUT2D eigenvalue weighted by Crippen LogP contribution is -2.47. The minimum absolute atomic E-state index is 0.330. The van der Waals surface area contributed by atoms with E-state index >= 15 is 0 Å². The molecular formula is C10H16N4O3S. The highest BCUT2D eigenvalue weighted by atomic mass is 32.2. The first-order valence-corrected chi connectivity index (χ1v) is 6.94. The van der Waals surface area contributed by atoms with Crippen molar-refractivity contribution in [3.8, 4) is 0 Å². The van der Waals surface area contributed by atoms with Gasteiger partial charge in [-0.25, -0.2) is 0 Å². The number of hydrogen-bond acceptors (Lipinski definition) is 5. The molecule has 0 aliphatic carbocycles. The Morgan fingerprint density at radius 3 is 2.72 bits per heavy atom. The van der Waals surface area contributed by atoms with Crippen LogP contribution in [0.4, 0.5) is 11.4 Å². The average Bonchev–Trinajstić information content (AvgIpc) is 2.39. The van der Waals surface area contributed by atoms with Gasteiger partial charge < -0.3 is 10.5 Å². The van der Waals surface area contributed by atoms with E-state index in [0.29, 0.717) is 37.7 Å². The number of pyridine rings is 1. The van der Waals surface area contributed by atoms with Crippen LogP contribution in [0.3, 0.4) is 0 Å². The molecule has 0 unspecified atom stereocenters. The molecule has 2 N–H and O–H groups in total. The summed E-state index contributed by atoms with van der Waals surface area (Å²) in [5.74, 6) is 0. The first kappa shape index (κ1) is 13.1. The van der Waals surface area contributed by atoms with E-state index in [9.17, 15) is 8.42 Å². The van der Waals surface area contributed by atoms with Gasteiger partial charge in [0.1, 0.15) is 0 Å². The smallest absolute Gasteiger partial charge is 0.304 e. The molecule has 0 bridgehead atoms. The highest BCUT2D eigenvalue weighted by Gasteiger charge is 2.29. The van der Waals surface area contributed by atoms with E-state index in [0.717, 1.165) is 0 Å². The van der Waals surface area contributed by atoms with Crippen molar-refractivity contribution in [2.45, 2.75) is 0 Å². The summed E-state index contributed by atoms with van der Waals surface area (Å²) < 4.78 is 32.4. The second-order valence-electron chi connectivity index (χ2n) is 3.92. The lowest BCUT2D eigenvalue weighted by atomic mass is 10.3. The molecule has 0 saturated carbocycles. The van der Waals surface area contributed by atoms with Gasteiger partial charge in [-0.1, -0.05) is 0 Å². The number of morpholine rings is 1. The minimum Gasteiger partial charge on any atom is -0.396 e. The number of nitrogens with zero attached hydrogens (tertiary/aromatic N) is 3. The maximum absolute atomic E-state index is 12.4. The number of nitrogens with two attached hydrogens (primary N) is 1.